The van der Waals surface area contributed by atoms with Crippen LogP contribution in [-0.2, 0) is 24.8 Å². The summed E-state index contributed by atoms with van der Waals surface area (Å²) in [6.07, 6.45) is 8.83. The molecule has 0 spiro atoms. The Morgan fingerprint density at radius 1 is 0.745 bits per heavy atom. The van der Waals surface area contributed by atoms with Gasteiger partial charge in [0.2, 0.25) is 25.7 Å². The Hall–Kier alpha value is -4.63. The van der Waals surface area contributed by atoms with Crippen molar-refractivity contribution in [2.24, 2.45) is 0 Å². The maximum atomic E-state index is 14.1. The second kappa shape index (κ2) is 18.0. The first-order chi connectivity index (χ1) is 24.4. The summed E-state index contributed by atoms with van der Waals surface area (Å²) in [7, 11) is -9.77. The van der Waals surface area contributed by atoms with Crippen LogP contribution in [0.5, 0.6) is 11.5 Å². The van der Waals surface area contributed by atoms with Crippen molar-refractivity contribution in [3.8, 4) is 35.6 Å². The van der Waals surface area contributed by atoms with Gasteiger partial charge in [0.15, 0.2) is 0 Å². The largest absolute Gasteiger partial charge is 0.408 e. The second-order valence-corrected chi connectivity index (χ2v) is 15.8. The summed E-state index contributed by atoms with van der Waals surface area (Å²) in [5.41, 5.74) is -3.09. The van der Waals surface area contributed by atoms with E-state index in [1.54, 1.807) is 24.3 Å². The molecule has 2 aromatic heterocycles. The van der Waals surface area contributed by atoms with Crippen LogP contribution in [0.1, 0.15) is 26.7 Å². The zero-order valence-corrected chi connectivity index (χ0v) is 30.2. The van der Waals surface area contributed by atoms with Gasteiger partial charge in [-0.2, -0.15) is 9.44 Å². The van der Waals surface area contributed by atoms with Crippen LogP contribution in [0.4, 0.5) is 0 Å². The van der Waals surface area contributed by atoms with E-state index in [1.807, 2.05) is 13.8 Å². The van der Waals surface area contributed by atoms with Crippen LogP contribution >= 0.6 is 23.5 Å². The first-order valence-electron chi connectivity index (χ1n) is 14.9. The van der Waals surface area contributed by atoms with Crippen LogP contribution in [0.15, 0.2) is 117 Å². The molecule has 4 aromatic rings. The molecule has 2 aromatic carbocycles. The lowest BCUT2D eigenvalue weighted by molar-refractivity contribution is -0.289. The maximum Gasteiger partial charge on any atom is 0.311 e. The van der Waals surface area contributed by atoms with Crippen molar-refractivity contribution in [1.82, 2.24) is 24.6 Å². The zero-order valence-electron chi connectivity index (χ0n) is 27.0. The molecule has 0 fully saturated rings. The van der Waals surface area contributed by atoms with E-state index in [0.717, 1.165) is 47.8 Å². The Morgan fingerprint density at radius 2 is 1.16 bits per heavy atom. The number of carbonyl (C=O) groups excluding carboxylic acids is 1. The number of hydrogen-bond donors (Lipinski definition) is 4. The third kappa shape index (κ3) is 10.7. The predicted octanol–water partition coefficient (Wildman–Crippen LogP) is 4.45. The third-order valence-electron chi connectivity index (χ3n) is 6.30. The molecule has 0 radical (unpaired) electrons. The van der Waals surface area contributed by atoms with Crippen molar-refractivity contribution >= 4 is 49.5 Å². The highest BCUT2D eigenvalue weighted by atomic mass is 32.2. The molecule has 18 heteroatoms. The fourth-order valence-electron chi connectivity index (χ4n) is 3.97. The van der Waals surface area contributed by atoms with Gasteiger partial charge in [0.1, 0.15) is 28.3 Å². The Kier molecular flexibility index (Phi) is 13.9. The zero-order chi connectivity index (χ0) is 36.9. The van der Waals surface area contributed by atoms with Crippen molar-refractivity contribution in [3.05, 3.63) is 97.3 Å². The number of pyridine rings is 2. The fraction of sp³-hybridized carbons (Fsp3) is 0.182. The maximum absolute atomic E-state index is 14.1. The van der Waals surface area contributed by atoms with E-state index < -0.39 is 51.2 Å². The molecule has 4 N–H and O–H groups in total. The Balaban J connectivity index is 1.90. The second-order valence-electron chi connectivity index (χ2n) is 9.93. The summed E-state index contributed by atoms with van der Waals surface area (Å²) in [4.78, 5) is 21.7. The number of thioether (sulfide) groups is 2. The lowest BCUT2D eigenvalue weighted by Crippen LogP contribution is -2.72. The molecule has 266 valence electrons. The monoisotopic (exact) mass is 769 g/mol. The van der Waals surface area contributed by atoms with Gasteiger partial charge in [-0.05, 0) is 72.8 Å². The average molecular weight is 770 g/mol. The molecule has 0 saturated carbocycles. The molecule has 0 aliphatic carbocycles. The number of nitrogens with one attached hydrogen (secondary N) is 2. The molecule has 0 unspecified atom stereocenters. The van der Waals surface area contributed by atoms with Gasteiger partial charge < -0.3 is 9.47 Å². The average Bonchev–Trinajstić information content (AvgIpc) is 3.12. The van der Waals surface area contributed by atoms with Crippen LogP contribution in [0.25, 0.3) is 0 Å². The number of benzene rings is 2. The highest BCUT2D eigenvalue weighted by Gasteiger charge is 2.55. The number of amides is 1. The Morgan fingerprint density at radius 3 is 1.49 bits per heavy atom. The molecule has 4 rings (SSSR count). The third-order valence-corrected chi connectivity index (χ3v) is 11.9. The molecule has 0 aliphatic heterocycles. The number of hydroxylamine groups is 2. The normalized spacial score (nSPS) is 11.5. The quantitative estimate of drug-likeness (QED) is 0.0462. The van der Waals surface area contributed by atoms with Crippen molar-refractivity contribution in [1.29, 1.82) is 0 Å². The molecule has 1 amide bonds. The molecule has 51 heavy (non-hydrogen) atoms. The minimum absolute atomic E-state index is 0.206. The van der Waals surface area contributed by atoms with Crippen molar-refractivity contribution < 1.29 is 41.5 Å². The van der Waals surface area contributed by atoms with E-state index in [-0.39, 0.29) is 21.6 Å². The van der Waals surface area contributed by atoms with Gasteiger partial charge in [-0.25, -0.2) is 26.8 Å². The summed E-state index contributed by atoms with van der Waals surface area (Å²) >= 11 is 1.51. The van der Waals surface area contributed by atoms with Crippen LogP contribution in [-0.4, -0.2) is 58.6 Å². The number of hydrogen-bond acceptors (Lipinski definition) is 13. The predicted molar refractivity (Wildman–Crippen MR) is 188 cm³/mol. The molecule has 0 aliphatic rings. The number of carbonyl (C=O) groups is 1. The summed E-state index contributed by atoms with van der Waals surface area (Å²) in [5.74, 6) is 4.03. The van der Waals surface area contributed by atoms with Crippen LogP contribution < -0.4 is 18.9 Å². The van der Waals surface area contributed by atoms with Gasteiger partial charge in [-0.1, -0.05) is 66.6 Å². The van der Waals surface area contributed by atoms with Gasteiger partial charge in [0.25, 0.3) is 0 Å². The summed E-state index contributed by atoms with van der Waals surface area (Å²) in [6, 6.07) is 19.3. The Bertz CT molecular complexity index is 1980. The van der Waals surface area contributed by atoms with Gasteiger partial charge >= 0.3 is 5.91 Å². The highest BCUT2D eigenvalue weighted by Crippen LogP contribution is 2.42. The van der Waals surface area contributed by atoms with Crippen LogP contribution in [0, 0.1) is 24.1 Å². The Labute approximate surface area is 304 Å². The van der Waals surface area contributed by atoms with Crippen LogP contribution in [0.3, 0.4) is 0 Å². The molecular weight excluding hydrogens is 739 g/mol. The summed E-state index contributed by atoms with van der Waals surface area (Å²) in [6.45, 7) is 3.64. The van der Waals surface area contributed by atoms with Crippen molar-refractivity contribution in [2.45, 2.75) is 56.8 Å². The topological polar surface area (TPSA) is 197 Å². The molecule has 0 saturated heterocycles. The van der Waals surface area contributed by atoms with E-state index in [4.69, 9.17) is 9.47 Å². The summed E-state index contributed by atoms with van der Waals surface area (Å²) in [5, 5.41) is 20.0. The van der Waals surface area contributed by atoms with E-state index >= 15 is 0 Å². The number of aromatic nitrogens is 2. The first kappa shape index (κ1) is 39.2. The van der Waals surface area contributed by atoms with Crippen molar-refractivity contribution in [2.75, 3.05) is 0 Å². The van der Waals surface area contributed by atoms with Gasteiger partial charge in [0.05, 0.1) is 19.8 Å². The number of rotatable bonds is 14. The first-order valence-corrected chi connectivity index (χ1v) is 19.6. The van der Waals surface area contributed by atoms with Gasteiger partial charge in [-0.3, -0.25) is 15.2 Å². The van der Waals surface area contributed by atoms with E-state index in [1.165, 1.54) is 48.8 Å². The standard InChI is InChI=1S/C33H31N5O9S4/c1-3-5-23-46-25-13-17-27(18-14-25)50(42,43)36-33(31(39)38(40)41,37-51(44,45)28-19-15-26(16-20-28)47-24-6-4-2)32(48-29-11-7-9-21-34-29)49-30-12-8-10-22-35-30/h7-22,32,36-37,40-41H,3-4H2,1-2H3. The van der Waals surface area contributed by atoms with Crippen LogP contribution in [0.2, 0.25) is 0 Å². The minimum Gasteiger partial charge on any atom is -0.408 e. The lowest BCUT2D eigenvalue weighted by Gasteiger charge is -2.38. The van der Waals surface area contributed by atoms with E-state index in [0.29, 0.717) is 12.8 Å². The number of nitrogens with zero attached hydrogens (tertiary/aromatic N) is 3. The molecule has 0 bridgehead atoms. The van der Waals surface area contributed by atoms with Crippen molar-refractivity contribution in [3.63, 3.8) is 0 Å². The SMILES string of the molecule is CCC#COc1ccc(S(=O)(=O)NC(NS(=O)(=O)c2ccc(OC#CCC)cc2)(C(=O)N(O)O)C(Sc2ccccn2)Sc2ccccn2)cc1. The van der Waals surface area contributed by atoms with Gasteiger partial charge in [0, 0.05) is 25.2 Å². The van der Waals surface area contributed by atoms with E-state index in [9.17, 15) is 32.0 Å². The molecule has 2 heterocycles. The fourth-order valence-corrected chi connectivity index (χ4v) is 9.49. The smallest absolute Gasteiger partial charge is 0.311 e. The number of ether oxygens (including phenoxy) is 2. The molecule has 0 atom stereocenters. The molecular formula is C33H31N5O9S4. The molecule has 14 nitrogen and oxygen atoms in total. The van der Waals surface area contributed by atoms with E-state index in [2.05, 4.69) is 43.5 Å². The summed E-state index contributed by atoms with van der Waals surface area (Å²) < 4.78 is 69.7. The highest BCUT2D eigenvalue weighted by molar-refractivity contribution is 8.17. The lowest BCUT2D eigenvalue weighted by atomic mass is 10.2. The minimum atomic E-state index is -4.88. The number of sulfonamides is 2. The van der Waals surface area contributed by atoms with Gasteiger partial charge in [-0.15, -0.1) is 0 Å².